The fourth-order valence-corrected chi connectivity index (χ4v) is 3.46. The van der Waals surface area contributed by atoms with E-state index in [2.05, 4.69) is 4.98 Å². The van der Waals surface area contributed by atoms with Gasteiger partial charge in [0.15, 0.2) is 12.3 Å². The summed E-state index contributed by atoms with van der Waals surface area (Å²) in [6, 6.07) is 9.23. The second-order valence-electron chi connectivity index (χ2n) is 5.55. The van der Waals surface area contributed by atoms with Crippen LogP contribution in [0.5, 0.6) is 0 Å². The minimum atomic E-state index is -0.621. The lowest BCUT2D eigenvalue weighted by molar-refractivity contribution is -0.133. The van der Waals surface area contributed by atoms with Crippen molar-refractivity contribution in [2.45, 2.75) is 13.5 Å². The molecule has 6 nitrogen and oxygen atoms in total. The SMILES string of the molecule is Cc1cccc2nc(C(=O)OCC(=O)N(C)Cc3ccc(Cl)s3)cn12. The topological polar surface area (TPSA) is 63.9 Å². The Hall–Kier alpha value is -2.38. The number of esters is 1. The monoisotopic (exact) mass is 377 g/mol. The first-order valence-corrected chi connectivity index (χ1v) is 8.73. The van der Waals surface area contributed by atoms with Crippen LogP contribution in [-0.2, 0) is 16.1 Å². The predicted octanol–water partition coefficient (Wildman–Crippen LogP) is 3.17. The highest BCUT2D eigenvalue weighted by Gasteiger charge is 2.17. The summed E-state index contributed by atoms with van der Waals surface area (Å²) in [6.07, 6.45) is 1.61. The van der Waals surface area contributed by atoms with E-state index in [1.807, 2.05) is 25.1 Å². The zero-order valence-corrected chi connectivity index (χ0v) is 15.3. The summed E-state index contributed by atoms with van der Waals surface area (Å²) < 4.78 is 7.56. The number of thiophene rings is 1. The van der Waals surface area contributed by atoms with Crippen molar-refractivity contribution in [1.82, 2.24) is 14.3 Å². The van der Waals surface area contributed by atoms with Crippen molar-refractivity contribution in [2.75, 3.05) is 13.7 Å². The number of aromatic nitrogens is 2. The fraction of sp³-hybridized carbons (Fsp3) is 0.235. The average molecular weight is 378 g/mol. The molecule has 3 rings (SSSR count). The molecule has 0 aliphatic carbocycles. The number of likely N-dealkylation sites (N-methyl/N-ethyl adjacent to an activating group) is 1. The van der Waals surface area contributed by atoms with Gasteiger partial charge in [0.25, 0.3) is 5.91 Å². The molecule has 0 unspecified atom stereocenters. The van der Waals surface area contributed by atoms with Crippen molar-refractivity contribution in [3.8, 4) is 0 Å². The summed E-state index contributed by atoms with van der Waals surface area (Å²) in [5.74, 6) is -0.915. The lowest BCUT2D eigenvalue weighted by Crippen LogP contribution is -2.30. The Kier molecular flexibility index (Phi) is 5.06. The van der Waals surface area contributed by atoms with Crippen molar-refractivity contribution in [3.05, 3.63) is 57.1 Å². The number of hydrogen-bond acceptors (Lipinski definition) is 5. The van der Waals surface area contributed by atoms with E-state index in [-0.39, 0.29) is 18.2 Å². The molecule has 3 aromatic heterocycles. The second kappa shape index (κ2) is 7.25. The zero-order valence-electron chi connectivity index (χ0n) is 13.7. The van der Waals surface area contributed by atoms with Gasteiger partial charge in [-0.15, -0.1) is 11.3 Å². The number of carbonyl (C=O) groups excluding carboxylic acids is 2. The van der Waals surface area contributed by atoms with Gasteiger partial charge in [0.05, 0.1) is 10.9 Å². The molecule has 0 saturated heterocycles. The third-order valence-corrected chi connectivity index (χ3v) is 4.90. The molecule has 0 aliphatic heterocycles. The van der Waals surface area contributed by atoms with Crippen molar-refractivity contribution < 1.29 is 14.3 Å². The minimum absolute atomic E-state index is 0.176. The van der Waals surface area contributed by atoms with Gasteiger partial charge in [0.1, 0.15) is 5.65 Å². The molecule has 130 valence electrons. The number of aryl methyl sites for hydroxylation is 1. The van der Waals surface area contributed by atoms with Gasteiger partial charge in [-0.1, -0.05) is 17.7 Å². The van der Waals surface area contributed by atoms with Gasteiger partial charge in [0, 0.05) is 23.8 Å². The molecule has 0 spiro atoms. The first kappa shape index (κ1) is 17.4. The van der Waals surface area contributed by atoms with Crippen LogP contribution < -0.4 is 0 Å². The summed E-state index contributed by atoms with van der Waals surface area (Å²) in [5, 5.41) is 0. The van der Waals surface area contributed by atoms with Crippen LogP contribution >= 0.6 is 22.9 Å². The molecule has 8 heteroatoms. The van der Waals surface area contributed by atoms with E-state index >= 15 is 0 Å². The number of hydrogen-bond donors (Lipinski definition) is 0. The van der Waals surface area contributed by atoms with E-state index < -0.39 is 5.97 Å². The van der Waals surface area contributed by atoms with Gasteiger partial charge >= 0.3 is 5.97 Å². The van der Waals surface area contributed by atoms with E-state index in [1.54, 1.807) is 29.8 Å². The maximum absolute atomic E-state index is 12.1. The van der Waals surface area contributed by atoms with Crippen LogP contribution in [0.25, 0.3) is 5.65 Å². The Bertz CT molecular complexity index is 934. The Balaban J connectivity index is 1.59. The molecular formula is C17H16ClN3O3S. The highest BCUT2D eigenvalue weighted by atomic mass is 35.5. The largest absolute Gasteiger partial charge is 0.451 e. The summed E-state index contributed by atoms with van der Waals surface area (Å²) in [7, 11) is 1.65. The maximum atomic E-state index is 12.1. The van der Waals surface area contributed by atoms with E-state index in [4.69, 9.17) is 16.3 Å². The average Bonchev–Trinajstić information content (AvgIpc) is 3.19. The fourth-order valence-electron chi connectivity index (χ4n) is 2.32. The first-order chi connectivity index (χ1) is 11.9. The number of imidazole rings is 1. The van der Waals surface area contributed by atoms with Gasteiger partial charge < -0.3 is 14.0 Å². The zero-order chi connectivity index (χ0) is 18.0. The molecule has 0 atom stereocenters. The summed E-state index contributed by atoms with van der Waals surface area (Å²) >= 11 is 7.28. The van der Waals surface area contributed by atoms with Crippen LogP contribution in [0, 0.1) is 6.92 Å². The Morgan fingerprint density at radius 3 is 2.80 bits per heavy atom. The molecule has 0 radical (unpaired) electrons. The third-order valence-electron chi connectivity index (χ3n) is 3.68. The minimum Gasteiger partial charge on any atom is -0.451 e. The van der Waals surface area contributed by atoms with E-state index in [1.165, 1.54) is 16.2 Å². The van der Waals surface area contributed by atoms with Gasteiger partial charge in [0.2, 0.25) is 0 Å². The van der Waals surface area contributed by atoms with E-state index in [9.17, 15) is 9.59 Å². The van der Waals surface area contributed by atoms with Gasteiger partial charge in [-0.25, -0.2) is 9.78 Å². The number of halogens is 1. The van der Waals surface area contributed by atoms with Crippen LogP contribution in [0.3, 0.4) is 0 Å². The second-order valence-corrected chi connectivity index (χ2v) is 7.35. The highest BCUT2D eigenvalue weighted by Crippen LogP contribution is 2.22. The molecule has 1 amide bonds. The van der Waals surface area contributed by atoms with Gasteiger partial charge in [-0.3, -0.25) is 4.79 Å². The Labute approximate surface area is 153 Å². The quantitative estimate of drug-likeness (QED) is 0.640. The van der Waals surface area contributed by atoms with Gasteiger partial charge in [-0.2, -0.15) is 0 Å². The smallest absolute Gasteiger partial charge is 0.359 e. The number of ether oxygens (including phenoxy) is 1. The summed E-state index contributed by atoms with van der Waals surface area (Å²) in [4.78, 5) is 30.9. The Morgan fingerprint density at radius 1 is 1.32 bits per heavy atom. The van der Waals surface area contributed by atoms with Crippen LogP contribution in [0.15, 0.2) is 36.5 Å². The van der Waals surface area contributed by atoms with Crippen LogP contribution in [0.2, 0.25) is 4.34 Å². The normalized spacial score (nSPS) is 10.8. The molecule has 3 aromatic rings. The van der Waals surface area contributed by atoms with Gasteiger partial charge in [-0.05, 0) is 31.2 Å². The number of pyridine rings is 1. The first-order valence-electron chi connectivity index (χ1n) is 7.54. The number of rotatable bonds is 5. The van der Waals surface area contributed by atoms with E-state index in [0.717, 1.165) is 10.6 Å². The molecule has 0 aliphatic rings. The summed E-state index contributed by atoms with van der Waals surface area (Å²) in [5.41, 5.74) is 1.79. The molecule has 0 aromatic carbocycles. The van der Waals surface area contributed by atoms with Crippen LogP contribution in [0.1, 0.15) is 21.1 Å². The number of amides is 1. The standard InChI is InChI=1S/C17H16ClN3O3S/c1-11-4-3-5-15-19-13(9-21(11)15)17(23)24-10-16(22)20(2)8-12-6-7-14(18)25-12/h3-7,9H,8,10H2,1-2H3. The molecule has 25 heavy (non-hydrogen) atoms. The summed E-state index contributed by atoms with van der Waals surface area (Å²) in [6.45, 7) is 2.00. The highest BCUT2D eigenvalue weighted by molar-refractivity contribution is 7.16. The van der Waals surface area contributed by atoms with Crippen LogP contribution in [-0.4, -0.2) is 39.8 Å². The molecule has 0 N–H and O–H groups in total. The maximum Gasteiger partial charge on any atom is 0.359 e. The van der Waals surface area contributed by atoms with Crippen molar-refractivity contribution in [1.29, 1.82) is 0 Å². The molecule has 0 saturated carbocycles. The van der Waals surface area contributed by atoms with E-state index in [0.29, 0.717) is 16.5 Å². The van der Waals surface area contributed by atoms with Crippen LogP contribution in [0.4, 0.5) is 0 Å². The number of nitrogens with zero attached hydrogens (tertiary/aromatic N) is 3. The molecule has 0 bridgehead atoms. The number of carbonyl (C=O) groups is 2. The Morgan fingerprint density at radius 2 is 2.12 bits per heavy atom. The van der Waals surface area contributed by atoms with Crippen molar-refractivity contribution in [2.24, 2.45) is 0 Å². The number of fused-ring (bicyclic) bond motifs is 1. The van der Waals surface area contributed by atoms with Crippen molar-refractivity contribution >= 4 is 40.5 Å². The lowest BCUT2D eigenvalue weighted by Gasteiger charge is -2.15. The molecule has 0 fully saturated rings. The molecule has 3 heterocycles. The molecular weight excluding hydrogens is 362 g/mol. The lowest BCUT2D eigenvalue weighted by atomic mass is 10.4. The predicted molar refractivity (Wildman–Crippen MR) is 96.0 cm³/mol. The third kappa shape index (κ3) is 4.00. The van der Waals surface area contributed by atoms with Crippen molar-refractivity contribution in [3.63, 3.8) is 0 Å².